The highest BCUT2D eigenvalue weighted by Crippen LogP contribution is 2.42. The average molecular weight is 964 g/mol. The Morgan fingerprint density at radius 1 is 1.10 bits per heavy atom. The number of thiol groups is 1. The minimum Gasteiger partial charge on any atom is -0.464 e. The van der Waals surface area contributed by atoms with E-state index in [0.29, 0.717) is 51.2 Å². The summed E-state index contributed by atoms with van der Waals surface area (Å²) in [7, 11) is 3.30. The summed E-state index contributed by atoms with van der Waals surface area (Å²) in [6.45, 7) is 21.4. The molecule has 0 saturated carbocycles. The number of aromatic nitrogens is 2. The number of rotatable bonds is 15. The lowest BCUT2D eigenvalue weighted by molar-refractivity contribution is -0.155. The maximum Gasteiger partial charge on any atom is 0.324 e. The molecule has 4 heterocycles. The van der Waals surface area contributed by atoms with Crippen LogP contribution in [0.2, 0.25) is 0 Å². The van der Waals surface area contributed by atoms with Crippen molar-refractivity contribution < 1.29 is 33.4 Å². The fourth-order valence-corrected chi connectivity index (χ4v) is 10.2. The number of hydrogen-bond donors (Lipinski definition) is 3. The van der Waals surface area contributed by atoms with Gasteiger partial charge >= 0.3 is 5.97 Å². The molecule has 2 aliphatic rings. The zero-order valence-electron chi connectivity index (χ0n) is 42.3. The van der Waals surface area contributed by atoms with Crippen molar-refractivity contribution in [1.29, 1.82) is 0 Å². The van der Waals surface area contributed by atoms with E-state index in [9.17, 15) is 24.0 Å². The summed E-state index contributed by atoms with van der Waals surface area (Å²) >= 11 is 4.31. The number of likely N-dealkylation sites (N-methyl/N-ethyl adjacent to an activating group) is 1. The van der Waals surface area contributed by atoms with E-state index >= 15 is 0 Å². The van der Waals surface area contributed by atoms with Gasteiger partial charge in [-0.05, 0) is 97.0 Å². The van der Waals surface area contributed by atoms with Crippen LogP contribution >= 0.6 is 12.6 Å². The molecule has 0 spiro atoms. The lowest BCUT2D eigenvalue weighted by Crippen LogP contribution is -2.62. The Morgan fingerprint density at radius 3 is 2.52 bits per heavy atom. The Balaban J connectivity index is 1.40. The van der Waals surface area contributed by atoms with Crippen LogP contribution in [0.5, 0.6) is 0 Å². The number of cyclic esters (lactones) is 1. The lowest BCUT2D eigenvalue weighted by atomic mass is 9.84. The molecule has 372 valence electrons. The lowest BCUT2D eigenvalue weighted by Gasteiger charge is -2.37. The van der Waals surface area contributed by atoms with Gasteiger partial charge in [0.15, 0.2) is 0 Å². The molecule has 1 saturated heterocycles. The number of hydrazine groups is 1. The predicted octanol–water partition coefficient (Wildman–Crippen LogP) is 7.59. The first-order chi connectivity index (χ1) is 32.7. The number of esters is 1. The Labute approximate surface area is 413 Å². The Morgan fingerprint density at radius 2 is 1.84 bits per heavy atom. The maximum atomic E-state index is 14.8. The van der Waals surface area contributed by atoms with Crippen LogP contribution in [0, 0.1) is 16.7 Å². The number of amides is 4. The van der Waals surface area contributed by atoms with Gasteiger partial charge in [-0.3, -0.25) is 34.0 Å². The number of hydrogen-bond acceptors (Lipinski definition) is 10. The standard InChI is InChI=1S/C54H73N7O7S/c1-12-45(62)59(25-26-69)32-53(6,7)31-46(63)58(10)48(34(3)4)50(64)56-43-28-36-17-14-18-37(27-36)38-21-22-44-40(29-38)41(49(60(44)13-2)39-19-15-23-55-47(39)35(5)67-11)30-54(8,9)33-68-52(66)42-20-16-24-61(57-42)51(43)65/h12,14-15,17-19,21-23,27,29,34-35,42-43,48,57,69H,1,13,16,20,24-26,28,30-33H2,2-11H3,(H,56,64)/t35-,42-,43-,48?/m0/s1. The fourth-order valence-electron chi connectivity index (χ4n) is 9.95. The second-order valence-electron chi connectivity index (χ2n) is 20.6. The molecule has 4 amide bonds. The summed E-state index contributed by atoms with van der Waals surface area (Å²) < 4.78 is 14.3. The molecule has 2 aromatic heterocycles. The van der Waals surface area contributed by atoms with Crippen molar-refractivity contribution in [3.63, 3.8) is 0 Å². The van der Waals surface area contributed by atoms with Crippen LogP contribution in [-0.4, -0.2) is 118 Å². The fraction of sp³-hybridized carbons (Fsp3) is 0.519. The molecule has 4 atom stereocenters. The molecule has 6 rings (SSSR count). The van der Waals surface area contributed by atoms with E-state index in [1.54, 1.807) is 25.3 Å². The molecule has 1 unspecified atom stereocenters. The number of methoxy groups -OCH3 is 1. The first kappa shape index (κ1) is 52.9. The van der Waals surface area contributed by atoms with Gasteiger partial charge in [0, 0.05) is 87.0 Å². The van der Waals surface area contributed by atoms with E-state index in [2.05, 4.69) is 91.7 Å². The molecule has 14 nitrogen and oxygen atoms in total. The zero-order chi connectivity index (χ0) is 50.4. The minimum absolute atomic E-state index is 0.0598. The molecule has 1 fully saturated rings. The van der Waals surface area contributed by atoms with E-state index in [1.807, 2.05) is 52.8 Å². The topological polar surface area (TPSA) is 155 Å². The number of nitrogens with zero attached hydrogens (tertiary/aromatic N) is 5. The van der Waals surface area contributed by atoms with Crippen molar-refractivity contribution in [2.45, 2.75) is 118 Å². The van der Waals surface area contributed by atoms with Crippen LogP contribution in [0.4, 0.5) is 0 Å². The zero-order valence-corrected chi connectivity index (χ0v) is 43.2. The van der Waals surface area contributed by atoms with Gasteiger partial charge in [0.25, 0.3) is 5.91 Å². The molecule has 69 heavy (non-hydrogen) atoms. The van der Waals surface area contributed by atoms with Crippen LogP contribution < -0.4 is 10.7 Å². The quantitative estimate of drug-likeness (QED) is 0.0621. The Kier molecular flexibility index (Phi) is 17.2. The molecule has 2 aliphatic heterocycles. The number of ether oxygens (including phenoxy) is 2. The van der Waals surface area contributed by atoms with Gasteiger partial charge in [-0.25, -0.2) is 5.43 Å². The van der Waals surface area contributed by atoms with Gasteiger partial charge in [0.05, 0.1) is 24.1 Å². The molecule has 0 radical (unpaired) electrons. The Hall–Kier alpha value is -5.51. The van der Waals surface area contributed by atoms with Gasteiger partial charge in [-0.15, -0.1) is 0 Å². The van der Waals surface area contributed by atoms with E-state index in [1.165, 1.54) is 16.0 Å². The van der Waals surface area contributed by atoms with E-state index in [-0.39, 0.29) is 43.3 Å². The van der Waals surface area contributed by atoms with Gasteiger partial charge in [-0.1, -0.05) is 78.5 Å². The van der Waals surface area contributed by atoms with Gasteiger partial charge in [0.2, 0.25) is 17.7 Å². The highest BCUT2D eigenvalue weighted by Gasteiger charge is 2.39. The van der Waals surface area contributed by atoms with Gasteiger partial charge in [-0.2, -0.15) is 12.6 Å². The van der Waals surface area contributed by atoms with Crippen molar-refractivity contribution in [2.75, 3.05) is 46.2 Å². The number of nitrogens with one attached hydrogen (secondary N) is 2. The number of carbonyl (C=O) groups is 5. The van der Waals surface area contributed by atoms with Crippen molar-refractivity contribution >= 4 is 53.1 Å². The molecule has 6 bridgehead atoms. The first-order valence-electron chi connectivity index (χ1n) is 24.3. The second-order valence-corrected chi connectivity index (χ2v) is 21.0. The van der Waals surface area contributed by atoms with Crippen molar-refractivity contribution in [1.82, 2.24) is 35.1 Å². The Bertz CT molecular complexity index is 2530. The average Bonchev–Trinajstić information content (AvgIpc) is 3.62. The summed E-state index contributed by atoms with van der Waals surface area (Å²) in [4.78, 5) is 77.9. The molecule has 2 aromatic carbocycles. The van der Waals surface area contributed by atoms with Crippen LogP contribution in [0.15, 0.2) is 73.4 Å². The molecule has 4 aromatic rings. The molecule has 15 heteroatoms. The summed E-state index contributed by atoms with van der Waals surface area (Å²) in [6, 6.07) is 15.8. The summed E-state index contributed by atoms with van der Waals surface area (Å²) in [6.07, 6.45) is 4.58. The molecular formula is C54H73N7O7S. The van der Waals surface area contributed by atoms with Crippen LogP contribution in [-0.2, 0) is 52.8 Å². The minimum atomic E-state index is -1.06. The van der Waals surface area contributed by atoms with Crippen molar-refractivity contribution in [2.24, 2.45) is 16.7 Å². The summed E-state index contributed by atoms with van der Waals surface area (Å²) in [5.74, 6) is -1.73. The third kappa shape index (κ3) is 12.3. The van der Waals surface area contributed by atoms with Gasteiger partial charge in [0.1, 0.15) is 18.1 Å². The first-order valence-corrected chi connectivity index (χ1v) is 24.9. The molecular weight excluding hydrogens is 891 g/mol. The maximum absolute atomic E-state index is 14.8. The summed E-state index contributed by atoms with van der Waals surface area (Å²) in [5, 5.41) is 5.58. The van der Waals surface area contributed by atoms with Crippen molar-refractivity contribution in [3.05, 3.63) is 90.3 Å². The van der Waals surface area contributed by atoms with E-state index < -0.39 is 46.7 Å². The SMILES string of the molecule is C=CC(=O)N(CCS)CC(C)(C)CC(=O)N(C)C(C(=O)N[C@H]1Cc2cccc(c2)-c2ccc3c(c2)c(c(-c2cccnc2[C@H](C)OC)n3CC)CC(C)(C)COC(=O)[C@@H]2CCCN(N2)C1=O)C(C)C. The van der Waals surface area contributed by atoms with Crippen LogP contribution in [0.1, 0.15) is 97.6 Å². The van der Waals surface area contributed by atoms with E-state index in [0.717, 1.165) is 50.1 Å². The number of fused-ring (bicyclic) bond motifs is 6. The molecule has 2 N–H and O–H groups in total. The third-order valence-electron chi connectivity index (χ3n) is 13.4. The summed E-state index contributed by atoms with van der Waals surface area (Å²) in [5.41, 5.74) is 9.80. The predicted molar refractivity (Wildman–Crippen MR) is 274 cm³/mol. The van der Waals surface area contributed by atoms with Crippen LogP contribution in [0.3, 0.4) is 0 Å². The normalized spacial score (nSPS) is 18.5. The van der Waals surface area contributed by atoms with E-state index in [4.69, 9.17) is 14.5 Å². The van der Waals surface area contributed by atoms with Crippen molar-refractivity contribution in [3.8, 4) is 22.4 Å². The number of benzene rings is 2. The monoisotopic (exact) mass is 964 g/mol. The number of pyridine rings is 1. The third-order valence-corrected chi connectivity index (χ3v) is 13.6. The highest BCUT2D eigenvalue weighted by atomic mass is 32.1. The number of carbonyl (C=O) groups excluding carboxylic acids is 5. The second kappa shape index (κ2) is 22.5. The number of aryl methyl sites for hydroxylation is 1. The highest BCUT2D eigenvalue weighted by molar-refractivity contribution is 7.80. The van der Waals surface area contributed by atoms with Crippen LogP contribution in [0.25, 0.3) is 33.3 Å². The largest absolute Gasteiger partial charge is 0.464 e. The smallest absolute Gasteiger partial charge is 0.324 e. The van der Waals surface area contributed by atoms with Gasteiger partial charge < -0.3 is 29.2 Å². The molecule has 0 aliphatic carbocycles.